The van der Waals surface area contributed by atoms with Gasteiger partial charge < -0.3 is 14.2 Å². The molecule has 6 heteroatoms. The molecule has 0 spiro atoms. The van der Waals surface area contributed by atoms with E-state index in [2.05, 4.69) is 27.7 Å². The molecule has 0 aromatic heterocycles. The van der Waals surface area contributed by atoms with Crippen molar-refractivity contribution >= 4 is 17.9 Å². The van der Waals surface area contributed by atoms with Gasteiger partial charge in [0.25, 0.3) is 0 Å². The first-order chi connectivity index (χ1) is 25.9. The van der Waals surface area contributed by atoms with Crippen LogP contribution >= 0.6 is 0 Å². The van der Waals surface area contributed by atoms with Gasteiger partial charge in [-0.1, -0.05) is 220 Å². The van der Waals surface area contributed by atoms with Gasteiger partial charge in [-0.3, -0.25) is 14.4 Å². The quantitative estimate of drug-likeness (QED) is 0.0351. The highest BCUT2D eigenvalue weighted by Gasteiger charge is 2.19. The lowest BCUT2D eigenvalue weighted by Crippen LogP contribution is -2.30. The van der Waals surface area contributed by atoms with Gasteiger partial charge in [0, 0.05) is 19.3 Å². The van der Waals surface area contributed by atoms with E-state index in [0.717, 1.165) is 70.1 Å². The van der Waals surface area contributed by atoms with Gasteiger partial charge in [-0.05, 0) is 25.2 Å². The summed E-state index contributed by atoms with van der Waals surface area (Å²) in [6, 6.07) is 0. The molecule has 0 radical (unpaired) electrons. The van der Waals surface area contributed by atoms with Crippen molar-refractivity contribution in [3.8, 4) is 0 Å². The predicted octanol–water partition coefficient (Wildman–Crippen LogP) is 14.7. The molecule has 0 N–H and O–H groups in total. The normalized spacial score (nSPS) is 11.9. The van der Waals surface area contributed by atoms with E-state index in [1.165, 1.54) is 148 Å². The molecule has 0 saturated carbocycles. The van der Waals surface area contributed by atoms with Crippen LogP contribution in [0.5, 0.6) is 0 Å². The zero-order valence-corrected chi connectivity index (χ0v) is 36.0. The first kappa shape index (κ1) is 51.4. The van der Waals surface area contributed by atoms with E-state index < -0.39 is 6.10 Å². The van der Waals surface area contributed by atoms with Gasteiger partial charge in [-0.2, -0.15) is 0 Å². The summed E-state index contributed by atoms with van der Waals surface area (Å²) in [5, 5.41) is 0. The van der Waals surface area contributed by atoms with Crippen LogP contribution in [-0.2, 0) is 28.6 Å². The molecule has 314 valence electrons. The molecule has 6 nitrogen and oxygen atoms in total. The number of rotatable bonds is 42. The van der Waals surface area contributed by atoms with Crippen molar-refractivity contribution in [3.05, 3.63) is 0 Å². The number of carbonyl (C=O) groups excluding carboxylic acids is 3. The van der Waals surface area contributed by atoms with E-state index in [1.54, 1.807) is 0 Å². The average molecular weight is 751 g/mol. The monoisotopic (exact) mass is 751 g/mol. The molecule has 0 aliphatic rings. The highest BCUT2D eigenvalue weighted by Crippen LogP contribution is 2.16. The Morgan fingerprint density at radius 1 is 0.358 bits per heavy atom. The number of esters is 3. The molecule has 0 bridgehead atoms. The van der Waals surface area contributed by atoms with E-state index in [9.17, 15) is 14.4 Å². The molecule has 0 fully saturated rings. The molecule has 0 unspecified atom stereocenters. The lowest BCUT2D eigenvalue weighted by molar-refractivity contribution is -0.167. The van der Waals surface area contributed by atoms with Gasteiger partial charge in [0.15, 0.2) is 6.10 Å². The van der Waals surface area contributed by atoms with Crippen molar-refractivity contribution in [1.82, 2.24) is 0 Å². The van der Waals surface area contributed by atoms with Gasteiger partial charge in [-0.15, -0.1) is 0 Å². The van der Waals surface area contributed by atoms with Crippen LogP contribution in [0, 0.1) is 5.92 Å². The Balaban J connectivity index is 4.08. The molecule has 0 aliphatic carbocycles. The summed E-state index contributed by atoms with van der Waals surface area (Å²) in [7, 11) is 0. The van der Waals surface area contributed by atoms with Crippen LogP contribution in [0.1, 0.15) is 259 Å². The second kappa shape index (κ2) is 41.6. The average Bonchev–Trinajstić information content (AvgIpc) is 3.14. The van der Waals surface area contributed by atoms with Crippen molar-refractivity contribution < 1.29 is 28.6 Å². The number of ether oxygens (including phenoxy) is 3. The second-order valence-electron chi connectivity index (χ2n) is 16.5. The maximum atomic E-state index is 12.5. The summed E-state index contributed by atoms with van der Waals surface area (Å²) in [6.07, 6.45) is 41.3. The van der Waals surface area contributed by atoms with Gasteiger partial charge in [-0.25, -0.2) is 0 Å². The smallest absolute Gasteiger partial charge is 0.306 e. The maximum Gasteiger partial charge on any atom is 0.306 e. The molecule has 53 heavy (non-hydrogen) atoms. The first-order valence-electron chi connectivity index (χ1n) is 23.4. The Hall–Kier alpha value is -1.59. The molecule has 0 heterocycles. The van der Waals surface area contributed by atoms with Gasteiger partial charge in [0.1, 0.15) is 13.2 Å². The molecule has 0 aliphatic heterocycles. The van der Waals surface area contributed by atoms with Crippen molar-refractivity contribution in [1.29, 1.82) is 0 Å². The predicted molar refractivity (Wildman–Crippen MR) is 224 cm³/mol. The van der Waals surface area contributed by atoms with Crippen molar-refractivity contribution in [2.75, 3.05) is 13.2 Å². The van der Waals surface area contributed by atoms with Crippen LogP contribution in [0.2, 0.25) is 0 Å². The van der Waals surface area contributed by atoms with Crippen molar-refractivity contribution in [2.45, 2.75) is 265 Å². The van der Waals surface area contributed by atoms with Crippen LogP contribution < -0.4 is 0 Å². The van der Waals surface area contributed by atoms with E-state index in [1.807, 2.05) is 0 Å². The molecule has 0 saturated heterocycles. The second-order valence-corrected chi connectivity index (χ2v) is 16.5. The fourth-order valence-corrected chi connectivity index (χ4v) is 6.98. The van der Waals surface area contributed by atoms with Crippen LogP contribution in [0.4, 0.5) is 0 Å². The zero-order chi connectivity index (χ0) is 38.9. The highest BCUT2D eigenvalue weighted by atomic mass is 16.6. The number of unbranched alkanes of at least 4 members (excludes halogenated alkanes) is 29. The Morgan fingerprint density at radius 2 is 0.623 bits per heavy atom. The fraction of sp³-hybridized carbons (Fsp3) is 0.936. The van der Waals surface area contributed by atoms with Crippen LogP contribution in [-0.4, -0.2) is 37.2 Å². The number of hydrogen-bond donors (Lipinski definition) is 0. The third-order valence-electron chi connectivity index (χ3n) is 10.5. The minimum atomic E-state index is -0.757. The summed E-state index contributed by atoms with van der Waals surface area (Å²) in [5.41, 5.74) is 0. The highest BCUT2D eigenvalue weighted by molar-refractivity contribution is 5.71. The van der Waals surface area contributed by atoms with Gasteiger partial charge >= 0.3 is 17.9 Å². The lowest BCUT2D eigenvalue weighted by Gasteiger charge is -2.18. The summed E-state index contributed by atoms with van der Waals surface area (Å²) in [6.45, 7) is 8.90. The number of carbonyl (C=O) groups is 3. The summed E-state index contributed by atoms with van der Waals surface area (Å²) < 4.78 is 16.6. The number of hydrogen-bond acceptors (Lipinski definition) is 6. The Morgan fingerprint density at radius 3 is 0.925 bits per heavy atom. The van der Waals surface area contributed by atoms with Gasteiger partial charge in [0.05, 0.1) is 0 Å². The molecular weight excluding hydrogens is 661 g/mol. The van der Waals surface area contributed by atoms with E-state index in [4.69, 9.17) is 14.2 Å². The third kappa shape index (κ3) is 41.4. The molecular formula is C47H90O6. The largest absolute Gasteiger partial charge is 0.462 e. The Kier molecular flexibility index (Phi) is 40.3. The summed E-state index contributed by atoms with van der Waals surface area (Å²) >= 11 is 0. The SMILES string of the molecule is CCCCCCCCCCCCCCCCCCCCC(=O)OC[C@H](COC(=O)CCCCCCCCCCCC(C)C)OC(=O)CCCCCCC. The van der Waals surface area contributed by atoms with Crippen LogP contribution in [0.25, 0.3) is 0 Å². The topological polar surface area (TPSA) is 78.9 Å². The van der Waals surface area contributed by atoms with Crippen LogP contribution in [0.15, 0.2) is 0 Å². The maximum absolute atomic E-state index is 12.5. The van der Waals surface area contributed by atoms with E-state index in [-0.39, 0.29) is 31.1 Å². The Bertz CT molecular complexity index is 796. The standard InChI is InChI=1S/C47H90O6/c1-5-7-9-11-12-13-14-15-16-17-18-19-20-21-24-27-31-34-38-45(48)51-41-44(53-47(50)40-36-29-10-8-6-2)42-52-46(49)39-35-32-28-25-22-23-26-30-33-37-43(3)4/h43-44H,5-42H2,1-4H3/t44-/m1/s1. The fourth-order valence-electron chi connectivity index (χ4n) is 6.98. The molecule has 0 rings (SSSR count). The molecule has 1 atom stereocenters. The molecule has 0 aromatic rings. The van der Waals surface area contributed by atoms with Gasteiger partial charge in [0.2, 0.25) is 0 Å². The van der Waals surface area contributed by atoms with Crippen LogP contribution in [0.3, 0.4) is 0 Å². The minimum Gasteiger partial charge on any atom is -0.462 e. The lowest BCUT2D eigenvalue weighted by atomic mass is 10.0. The Labute approximate surface area is 329 Å². The third-order valence-corrected chi connectivity index (χ3v) is 10.5. The summed E-state index contributed by atoms with van der Waals surface area (Å²) in [5.74, 6) is -0.0600. The molecule has 0 amide bonds. The minimum absolute atomic E-state index is 0.0653. The summed E-state index contributed by atoms with van der Waals surface area (Å²) in [4.78, 5) is 37.5. The zero-order valence-electron chi connectivity index (χ0n) is 36.0. The van der Waals surface area contributed by atoms with Crippen molar-refractivity contribution in [2.24, 2.45) is 5.92 Å². The van der Waals surface area contributed by atoms with Crippen molar-refractivity contribution in [3.63, 3.8) is 0 Å². The van der Waals surface area contributed by atoms with E-state index in [0.29, 0.717) is 19.3 Å². The van der Waals surface area contributed by atoms with E-state index >= 15 is 0 Å². The first-order valence-corrected chi connectivity index (χ1v) is 23.4. The molecule has 0 aromatic carbocycles.